The van der Waals surface area contributed by atoms with E-state index in [1.54, 1.807) is 24.3 Å². The molecular weight excluding hydrogens is 355 g/mol. The normalized spacial score (nSPS) is 15.5. The Bertz CT molecular complexity index is 951. The van der Waals surface area contributed by atoms with Crippen LogP contribution in [0.4, 0.5) is 22.0 Å². The van der Waals surface area contributed by atoms with E-state index in [1.807, 2.05) is 6.07 Å². The molecule has 2 aromatic carbocycles. The summed E-state index contributed by atoms with van der Waals surface area (Å²) in [7, 11) is 0. The quantitative estimate of drug-likeness (QED) is 0.459. The van der Waals surface area contributed by atoms with Gasteiger partial charge in [0.05, 0.1) is 12.5 Å². The van der Waals surface area contributed by atoms with E-state index in [0.717, 1.165) is 4.90 Å². The van der Waals surface area contributed by atoms with Gasteiger partial charge in [0.15, 0.2) is 23.3 Å². The Morgan fingerprint density at radius 3 is 2.19 bits per heavy atom. The maximum absolute atomic E-state index is 13.8. The van der Waals surface area contributed by atoms with Gasteiger partial charge in [0.1, 0.15) is 6.04 Å². The molecule has 0 spiro atoms. The van der Waals surface area contributed by atoms with Crippen molar-refractivity contribution in [2.45, 2.75) is 12.5 Å². The van der Waals surface area contributed by atoms with Gasteiger partial charge in [-0.2, -0.15) is 5.26 Å². The second-order valence-corrected chi connectivity index (χ2v) is 5.50. The third-order valence-corrected chi connectivity index (χ3v) is 4.02. The van der Waals surface area contributed by atoms with E-state index in [2.05, 4.69) is 0 Å². The lowest BCUT2D eigenvalue weighted by Gasteiger charge is -2.28. The van der Waals surface area contributed by atoms with Gasteiger partial charge in [-0.1, -0.05) is 24.3 Å². The first-order valence-electron chi connectivity index (χ1n) is 7.35. The Hall–Kier alpha value is -3.21. The number of benzene rings is 2. The van der Waals surface area contributed by atoms with Crippen LogP contribution in [0, 0.1) is 40.4 Å². The Morgan fingerprint density at radius 1 is 1.00 bits per heavy atom. The summed E-state index contributed by atoms with van der Waals surface area (Å²) in [5.41, 5.74) is -0.0714. The number of halogens is 5. The SMILES string of the molecule is N#CC1c2ccccc2C=CN1C(=O)Cc1c(F)c(F)c(F)c(F)c1F. The molecule has 0 aliphatic carbocycles. The second kappa shape index (κ2) is 6.59. The van der Waals surface area contributed by atoms with Crippen molar-refractivity contribution in [3.05, 3.63) is 76.2 Å². The van der Waals surface area contributed by atoms with Crippen LogP contribution >= 0.6 is 0 Å². The van der Waals surface area contributed by atoms with Gasteiger partial charge in [0, 0.05) is 11.8 Å². The van der Waals surface area contributed by atoms with Gasteiger partial charge < -0.3 is 0 Å². The van der Waals surface area contributed by atoms with Crippen molar-refractivity contribution < 1.29 is 26.7 Å². The second-order valence-electron chi connectivity index (χ2n) is 5.50. The van der Waals surface area contributed by atoms with E-state index in [-0.39, 0.29) is 0 Å². The topological polar surface area (TPSA) is 44.1 Å². The lowest BCUT2D eigenvalue weighted by atomic mass is 9.96. The van der Waals surface area contributed by atoms with E-state index < -0.39 is 53.0 Å². The van der Waals surface area contributed by atoms with E-state index in [9.17, 15) is 32.0 Å². The molecule has 0 aromatic heterocycles. The predicted molar refractivity (Wildman–Crippen MR) is 80.6 cm³/mol. The summed E-state index contributed by atoms with van der Waals surface area (Å²) in [6.45, 7) is 0. The molecule has 0 fully saturated rings. The third kappa shape index (κ3) is 2.71. The smallest absolute Gasteiger partial charge is 0.232 e. The molecule has 0 N–H and O–H groups in total. The predicted octanol–water partition coefficient (Wildman–Crippen LogP) is 4.00. The zero-order valence-electron chi connectivity index (χ0n) is 12.9. The molecule has 132 valence electrons. The largest absolute Gasteiger partial charge is 0.298 e. The molecule has 1 unspecified atom stereocenters. The Morgan fingerprint density at radius 2 is 1.58 bits per heavy atom. The van der Waals surface area contributed by atoms with Crippen LogP contribution in [-0.4, -0.2) is 10.8 Å². The standard InChI is InChI=1S/C18H9F5N2O/c19-14-11(15(20)17(22)18(23)16(14)21)7-13(26)25-6-5-9-3-1-2-4-10(9)12(25)8-24/h1-6,12H,7H2. The summed E-state index contributed by atoms with van der Waals surface area (Å²) in [5.74, 6) is -11.6. The Kier molecular flexibility index (Phi) is 4.47. The number of rotatable bonds is 2. The summed E-state index contributed by atoms with van der Waals surface area (Å²) in [5, 5.41) is 9.36. The summed E-state index contributed by atoms with van der Waals surface area (Å²) >= 11 is 0. The van der Waals surface area contributed by atoms with E-state index in [1.165, 1.54) is 12.3 Å². The third-order valence-electron chi connectivity index (χ3n) is 4.02. The molecule has 0 saturated carbocycles. The van der Waals surface area contributed by atoms with Crippen molar-refractivity contribution >= 4 is 12.0 Å². The van der Waals surface area contributed by atoms with Gasteiger partial charge in [0.25, 0.3) is 0 Å². The minimum atomic E-state index is -2.29. The van der Waals surface area contributed by atoms with Crippen molar-refractivity contribution in [3.63, 3.8) is 0 Å². The van der Waals surface area contributed by atoms with Crippen LogP contribution in [0.25, 0.3) is 6.08 Å². The highest BCUT2D eigenvalue weighted by Gasteiger charge is 2.31. The first-order valence-corrected chi connectivity index (χ1v) is 7.35. The van der Waals surface area contributed by atoms with Gasteiger partial charge in [-0.3, -0.25) is 9.69 Å². The van der Waals surface area contributed by atoms with Crippen LogP contribution in [0.3, 0.4) is 0 Å². The van der Waals surface area contributed by atoms with E-state index in [4.69, 9.17) is 0 Å². The monoisotopic (exact) mass is 364 g/mol. The minimum Gasteiger partial charge on any atom is -0.298 e. The number of hydrogen-bond acceptors (Lipinski definition) is 2. The number of carbonyl (C=O) groups is 1. The van der Waals surface area contributed by atoms with Gasteiger partial charge in [-0.15, -0.1) is 0 Å². The van der Waals surface area contributed by atoms with Gasteiger partial charge >= 0.3 is 0 Å². The highest BCUT2D eigenvalue weighted by molar-refractivity contribution is 5.83. The maximum Gasteiger partial charge on any atom is 0.232 e. The maximum atomic E-state index is 13.8. The van der Waals surface area contributed by atoms with Crippen LogP contribution in [0.2, 0.25) is 0 Å². The first kappa shape index (κ1) is 17.6. The summed E-state index contributed by atoms with van der Waals surface area (Å²) in [6, 6.07) is 7.50. The highest BCUT2D eigenvalue weighted by atomic mass is 19.2. The van der Waals surface area contributed by atoms with Gasteiger partial charge in [-0.25, -0.2) is 22.0 Å². The van der Waals surface area contributed by atoms with Crippen LogP contribution in [0.5, 0.6) is 0 Å². The number of carbonyl (C=O) groups excluding carboxylic acids is 1. The molecule has 26 heavy (non-hydrogen) atoms. The molecule has 1 heterocycles. The van der Waals surface area contributed by atoms with Crippen molar-refractivity contribution in [1.29, 1.82) is 5.26 Å². The number of hydrogen-bond donors (Lipinski definition) is 0. The average molecular weight is 364 g/mol. The number of nitriles is 1. The van der Waals surface area contributed by atoms with Crippen molar-refractivity contribution in [2.75, 3.05) is 0 Å². The molecule has 1 aliphatic rings. The molecule has 1 amide bonds. The molecular formula is C18H9F5N2O. The summed E-state index contributed by atoms with van der Waals surface area (Å²) in [4.78, 5) is 13.3. The molecule has 2 aromatic rings. The lowest BCUT2D eigenvalue weighted by molar-refractivity contribution is -0.129. The minimum absolute atomic E-state index is 0.489. The number of nitrogens with zero attached hydrogens (tertiary/aromatic N) is 2. The fraction of sp³-hybridized carbons (Fsp3) is 0.111. The van der Waals surface area contributed by atoms with Crippen molar-refractivity contribution in [3.8, 4) is 6.07 Å². The van der Waals surface area contributed by atoms with Crippen LogP contribution in [0.15, 0.2) is 30.5 Å². The highest BCUT2D eigenvalue weighted by Crippen LogP contribution is 2.31. The lowest BCUT2D eigenvalue weighted by Crippen LogP contribution is -2.33. The van der Waals surface area contributed by atoms with E-state index in [0.29, 0.717) is 11.1 Å². The first-order chi connectivity index (χ1) is 12.4. The zero-order valence-corrected chi connectivity index (χ0v) is 12.9. The number of amides is 1. The molecule has 0 radical (unpaired) electrons. The van der Waals surface area contributed by atoms with Crippen LogP contribution in [0.1, 0.15) is 22.7 Å². The molecule has 0 bridgehead atoms. The fourth-order valence-electron chi connectivity index (χ4n) is 2.72. The Balaban J connectivity index is 1.97. The molecule has 3 nitrogen and oxygen atoms in total. The fourth-order valence-corrected chi connectivity index (χ4v) is 2.72. The summed E-state index contributed by atoms with van der Waals surface area (Å²) in [6.07, 6.45) is 1.67. The van der Waals surface area contributed by atoms with Crippen LogP contribution < -0.4 is 0 Å². The summed E-state index contributed by atoms with van der Waals surface area (Å²) < 4.78 is 67.2. The molecule has 0 saturated heterocycles. The van der Waals surface area contributed by atoms with Crippen molar-refractivity contribution in [2.24, 2.45) is 0 Å². The van der Waals surface area contributed by atoms with Gasteiger partial charge in [0.2, 0.25) is 11.7 Å². The van der Waals surface area contributed by atoms with Gasteiger partial charge in [-0.05, 0) is 17.2 Å². The average Bonchev–Trinajstić information content (AvgIpc) is 2.67. The molecule has 8 heteroatoms. The van der Waals surface area contributed by atoms with Crippen molar-refractivity contribution in [1.82, 2.24) is 4.90 Å². The van der Waals surface area contributed by atoms with Crippen LogP contribution in [-0.2, 0) is 11.2 Å². The zero-order chi connectivity index (χ0) is 19.0. The molecule has 3 rings (SSSR count). The number of fused-ring (bicyclic) bond motifs is 1. The molecule has 1 aliphatic heterocycles. The molecule has 1 atom stereocenters. The Labute approximate surface area is 144 Å². The van der Waals surface area contributed by atoms with E-state index >= 15 is 0 Å².